The van der Waals surface area contributed by atoms with Gasteiger partial charge in [-0.15, -0.1) is 12.8 Å². The van der Waals surface area contributed by atoms with Gasteiger partial charge >= 0.3 is 21.7 Å². The molecule has 2 aliphatic rings. The van der Waals surface area contributed by atoms with Gasteiger partial charge in [0.15, 0.2) is 0 Å². The summed E-state index contributed by atoms with van der Waals surface area (Å²) < 4.78 is 0. The molecular formula is C16H16Ti. The number of benzene rings is 1. The zero-order chi connectivity index (χ0) is 11.3. The summed E-state index contributed by atoms with van der Waals surface area (Å²) in [5.74, 6) is 0. The van der Waals surface area contributed by atoms with Gasteiger partial charge in [0.2, 0.25) is 0 Å². The van der Waals surface area contributed by atoms with Crippen molar-refractivity contribution in [1.29, 1.82) is 0 Å². The quantitative estimate of drug-likeness (QED) is 0.479. The van der Waals surface area contributed by atoms with Crippen molar-refractivity contribution in [3.05, 3.63) is 85.0 Å². The molecule has 0 aliphatic heterocycles. The third-order valence-corrected chi connectivity index (χ3v) is 1.84. The van der Waals surface area contributed by atoms with E-state index in [9.17, 15) is 0 Å². The van der Waals surface area contributed by atoms with E-state index in [0.29, 0.717) is 0 Å². The van der Waals surface area contributed by atoms with E-state index in [1.165, 1.54) is 0 Å². The molecule has 0 saturated heterocycles. The van der Waals surface area contributed by atoms with Gasteiger partial charge in [-0.2, -0.15) is 12.2 Å². The second-order valence-corrected chi connectivity index (χ2v) is 3.16. The van der Waals surface area contributed by atoms with Gasteiger partial charge in [0.1, 0.15) is 0 Å². The minimum Gasteiger partial charge on any atom is -0.273 e. The summed E-state index contributed by atoms with van der Waals surface area (Å²) in [5, 5.41) is 0. The van der Waals surface area contributed by atoms with Crippen molar-refractivity contribution in [2.45, 2.75) is 12.8 Å². The third kappa shape index (κ3) is 11.2. The summed E-state index contributed by atoms with van der Waals surface area (Å²) in [6.45, 7) is 0. The molecule has 0 nitrogen and oxygen atoms in total. The molecule has 1 aromatic carbocycles. The Labute approximate surface area is 119 Å². The maximum Gasteiger partial charge on any atom is 2.00 e. The van der Waals surface area contributed by atoms with Crippen molar-refractivity contribution >= 4 is 0 Å². The van der Waals surface area contributed by atoms with Crippen LogP contribution < -0.4 is 0 Å². The van der Waals surface area contributed by atoms with Crippen LogP contribution in [0.3, 0.4) is 0 Å². The summed E-state index contributed by atoms with van der Waals surface area (Å²) in [5.41, 5.74) is 0. The predicted molar refractivity (Wildman–Crippen MR) is 69.6 cm³/mol. The molecule has 0 amide bonds. The Morgan fingerprint density at radius 1 is 0.588 bits per heavy atom. The molecule has 3 rings (SSSR count). The Kier molecular flexibility index (Phi) is 12.1. The van der Waals surface area contributed by atoms with Crippen molar-refractivity contribution < 1.29 is 21.7 Å². The molecule has 1 aromatic rings. The van der Waals surface area contributed by atoms with E-state index >= 15 is 0 Å². The second-order valence-electron chi connectivity index (χ2n) is 3.16. The molecule has 0 radical (unpaired) electrons. The molecule has 0 fully saturated rings. The smallest absolute Gasteiger partial charge is 0.273 e. The molecule has 0 N–H and O–H groups in total. The van der Waals surface area contributed by atoms with Gasteiger partial charge in [-0.1, -0.05) is 36.4 Å². The molecule has 84 valence electrons. The van der Waals surface area contributed by atoms with E-state index in [2.05, 4.69) is 24.3 Å². The molecule has 17 heavy (non-hydrogen) atoms. The maximum absolute atomic E-state index is 2.99. The molecular weight excluding hydrogens is 240 g/mol. The van der Waals surface area contributed by atoms with Gasteiger partial charge in [0.25, 0.3) is 0 Å². The first-order valence-electron chi connectivity index (χ1n) is 5.43. The molecule has 0 atom stereocenters. The van der Waals surface area contributed by atoms with E-state index in [-0.39, 0.29) is 21.7 Å². The Balaban J connectivity index is 0.000000221. The van der Waals surface area contributed by atoms with Gasteiger partial charge in [0.05, 0.1) is 0 Å². The molecule has 0 heterocycles. The molecule has 0 unspecified atom stereocenters. The predicted octanol–water partition coefficient (Wildman–Crippen LogP) is 4.30. The topological polar surface area (TPSA) is 0 Å². The average Bonchev–Trinajstić information content (AvgIpc) is 3.10. The Morgan fingerprint density at radius 3 is 1.06 bits per heavy atom. The van der Waals surface area contributed by atoms with Crippen molar-refractivity contribution in [2.75, 3.05) is 0 Å². The van der Waals surface area contributed by atoms with Gasteiger partial charge in [-0.25, -0.2) is 24.3 Å². The van der Waals surface area contributed by atoms with Crippen molar-refractivity contribution in [3.8, 4) is 0 Å². The van der Waals surface area contributed by atoms with E-state index in [1.54, 1.807) is 0 Å². The summed E-state index contributed by atoms with van der Waals surface area (Å²) in [6, 6.07) is 12.0. The Morgan fingerprint density at radius 2 is 0.941 bits per heavy atom. The minimum absolute atomic E-state index is 0. The number of rotatable bonds is 0. The van der Waals surface area contributed by atoms with Crippen LogP contribution in [0, 0.1) is 12.2 Å². The zero-order valence-electron chi connectivity index (χ0n) is 9.84. The molecule has 0 aromatic heterocycles. The van der Waals surface area contributed by atoms with Crippen molar-refractivity contribution in [1.82, 2.24) is 0 Å². The van der Waals surface area contributed by atoms with Crippen LogP contribution in [0.1, 0.15) is 12.8 Å². The van der Waals surface area contributed by atoms with E-state index < -0.39 is 0 Å². The van der Waals surface area contributed by atoms with E-state index in [0.717, 1.165) is 12.8 Å². The molecule has 0 bridgehead atoms. The van der Waals surface area contributed by atoms with Crippen LogP contribution in [0.2, 0.25) is 0 Å². The number of allylic oxidation sites excluding steroid dienone is 8. The fourth-order valence-electron chi connectivity index (χ4n) is 1.07. The number of hydrogen-bond acceptors (Lipinski definition) is 0. The largest absolute Gasteiger partial charge is 2.00 e. The van der Waals surface area contributed by atoms with Gasteiger partial charge in [-0.05, 0) is 0 Å². The molecule has 0 saturated carbocycles. The molecule has 0 spiro atoms. The van der Waals surface area contributed by atoms with Crippen LogP contribution in [-0.4, -0.2) is 0 Å². The monoisotopic (exact) mass is 256 g/mol. The van der Waals surface area contributed by atoms with Crippen LogP contribution in [0.4, 0.5) is 0 Å². The second kappa shape index (κ2) is 13.0. The van der Waals surface area contributed by atoms with Crippen LogP contribution >= 0.6 is 0 Å². The summed E-state index contributed by atoms with van der Waals surface area (Å²) in [6.07, 6.45) is 20.0. The standard InChI is InChI=1S/C6H6.2C5H5.Ti/c1-2-4-6-5-3-1;2*1-2-4-5-3-1;/h1-6H;2*1-3H,4H2;/q;2*-1;+2. The first-order chi connectivity index (χ1) is 8.00. The van der Waals surface area contributed by atoms with E-state index in [4.69, 9.17) is 0 Å². The molecule has 2 aliphatic carbocycles. The first kappa shape index (κ1) is 15.9. The minimum atomic E-state index is 0. The Hall–Kier alpha value is -1.11. The average molecular weight is 256 g/mol. The zero-order valence-corrected chi connectivity index (χ0v) is 11.4. The van der Waals surface area contributed by atoms with Crippen LogP contribution in [0.5, 0.6) is 0 Å². The van der Waals surface area contributed by atoms with Gasteiger partial charge < -0.3 is 0 Å². The Bertz CT molecular complexity index is 290. The van der Waals surface area contributed by atoms with Crippen molar-refractivity contribution in [2.24, 2.45) is 0 Å². The molecule has 1 heteroatoms. The van der Waals surface area contributed by atoms with Crippen molar-refractivity contribution in [3.63, 3.8) is 0 Å². The summed E-state index contributed by atoms with van der Waals surface area (Å²) in [7, 11) is 0. The van der Waals surface area contributed by atoms with Crippen LogP contribution in [-0.2, 0) is 21.7 Å². The first-order valence-corrected chi connectivity index (χ1v) is 5.43. The number of hydrogen-bond donors (Lipinski definition) is 0. The third-order valence-electron chi connectivity index (χ3n) is 1.84. The normalized spacial score (nSPS) is 13.2. The fraction of sp³-hybridized carbons (Fsp3) is 0.125. The van der Waals surface area contributed by atoms with E-state index in [1.807, 2.05) is 60.7 Å². The summed E-state index contributed by atoms with van der Waals surface area (Å²) in [4.78, 5) is 0. The summed E-state index contributed by atoms with van der Waals surface area (Å²) >= 11 is 0. The van der Waals surface area contributed by atoms with Gasteiger partial charge in [0, 0.05) is 0 Å². The van der Waals surface area contributed by atoms with Crippen LogP contribution in [0.25, 0.3) is 0 Å². The maximum atomic E-state index is 2.99. The van der Waals surface area contributed by atoms with Crippen LogP contribution in [0.15, 0.2) is 72.9 Å². The fourth-order valence-corrected chi connectivity index (χ4v) is 1.07. The SMILES string of the molecule is [C-]1=CC=CC1.[C-]1=CC=CC1.[Ti+2].c1ccccc1. The van der Waals surface area contributed by atoms with Gasteiger partial charge in [-0.3, -0.25) is 12.2 Å².